The lowest BCUT2D eigenvalue weighted by molar-refractivity contribution is 0.0949. The molecular formula is C30H37O2. The topological polar surface area (TPSA) is 18.5 Å². The highest BCUT2D eigenvalue weighted by molar-refractivity contribution is 5.56. The fourth-order valence-electron chi connectivity index (χ4n) is 5.77. The van der Waals surface area contributed by atoms with Crippen LogP contribution < -0.4 is 10.4 Å². The molecule has 2 aliphatic carbocycles. The molecule has 2 nitrogen and oxygen atoms in total. The first-order valence-electron chi connectivity index (χ1n) is 12.9. The van der Waals surface area contributed by atoms with Gasteiger partial charge in [-0.3, -0.25) is 0 Å². The minimum absolute atomic E-state index is 0.361. The molecule has 2 saturated heterocycles. The molecule has 32 heavy (non-hydrogen) atoms. The van der Waals surface area contributed by atoms with Crippen molar-refractivity contribution in [2.75, 3.05) is 13.2 Å². The first-order valence-corrected chi connectivity index (χ1v) is 12.9. The van der Waals surface area contributed by atoms with E-state index >= 15 is 0 Å². The van der Waals surface area contributed by atoms with E-state index in [2.05, 4.69) is 42.5 Å². The van der Waals surface area contributed by atoms with Crippen LogP contribution in [0.15, 0.2) is 36.4 Å². The van der Waals surface area contributed by atoms with Crippen LogP contribution in [-0.2, 0) is 22.3 Å². The summed E-state index contributed by atoms with van der Waals surface area (Å²) >= 11 is 0. The minimum Gasteiger partial charge on any atom is -0.376 e. The van der Waals surface area contributed by atoms with Crippen LogP contribution in [0.4, 0.5) is 0 Å². The Kier molecular flexibility index (Phi) is 7.41. The second kappa shape index (κ2) is 10.8. The summed E-state index contributed by atoms with van der Waals surface area (Å²) in [7, 11) is 0. The molecule has 0 amide bonds. The molecule has 0 aromatic heterocycles. The molecule has 2 heterocycles. The fourth-order valence-corrected chi connectivity index (χ4v) is 5.77. The van der Waals surface area contributed by atoms with Crippen LogP contribution in [0.25, 0.3) is 11.6 Å². The van der Waals surface area contributed by atoms with Crippen molar-refractivity contribution in [1.29, 1.82) is 0 Å². The van der Waals surface area contributed by atoms with Crippen molar-refractivity contribution in [3.05, 3.63) is 75.0 Å². The van der Waals surface area contributed by atoms with E-state index in [1.165, 1.54) is 85.1 Å². The predicted octanol–water partition coefficient (Wildman–Crippen LogP) is 5.50. The van der Waals surface area contributed by atoms with Gasteiger partial charge in [0, 0.05) is 13.2 Å². The molecule has 0 N–H and O–H groups in total. The monoisotopic (exact) mass is 429 g/mol. The molecule has 1 unspecified atom stereocenters. The van der Waals surface area contributed by atoms with Gasteiger partial charge in [-0.05, 0) is 88.9 Å². The van der Waals surface area contributed by atoms with Crippen molar-refractivity contribution in [3.63, 3.8) is 0 Å². The molecular weight excluding hydrogens is 392 g/mol. The van der Waals surface area contributed by atoms with E-state index in [9.17, 15) is 0 Å². The van der Waals surface area contributed by atoms with Gasteiger partial charge in [0.2, 0.25) is 0 Å². The second-order valence-corrected chi connectivity index (χ2v) is 9.59. The van der Waals surface area contributed by atoms with E-state index in [-0.39, 0.29) is 0 Å². The summed E-state index contributed by atoms with van der Waals surface area (Å²) in [6, 6.07) is 13.6. The number of rotatable bonds is 1. The third-order valence-corrected chi connectivity index (χ3v) is 7.45. The Morgan fingerprint density at radius 2 is 1.56 bits per heavy atom. The van der Waals surface area contributed by atoms with Crippen LogP contribution in [0.3, 0.4) is 0 Å². The predicted molar refractivity (Wildman–Crippen MR) is 131 cm³/mol. The number of ether oxygens (including phenoxy) is 2. The van der Waals surface area contributed by atoms with Crippen molar-refractivity contribution < 1.29 is 9.47 Å². The number of hydrogen-bond acceptors (Lipinski definition) is 2. The molecule has 2 aromatic rings. The standard InChI is InChI=1S/C24H26O.C6H11O/c1-2-11-24(25-16-5-1)23-10-6-9-19-21-13-12-17-7-3-4-8-18(17)20(21)14-15-22(19)23;1-2-4-6-7-5-3-1/h3-4,7-8,12,14-15,24H,1-2,5-6,9-11,13,16H2;5H,1-4,6H2. The van der Waals surface area contributed by atoms with E-state index < -0.39 is 0 Å². The molecule has 0 spiro atoms. The Hall–Kier alpha value is -1.90. The lowest BCUT2D eigenvalue weighted by Crippen LogP contribution is -2.28. The summed E-state index contributed by atoms with van der Waals surface area (Å²) in [4.78, 5) is 0. The van der Waals surface area contributed by atoms with Gasteiger partial charge in [0.15, 0.2) is 0 Å². The van der Waals surface area contributed by atoms with Gasteiger partial charge < -0.3 is 9.47 Å². The van der Waals surface area contributed by atoms with Crippen LogP contribution in [0.2, 0.25) is 0 Å². The summed E-state index contributed by atoms with van der Waals surface area (Å²) in [5.41, 5.74) is 4.77. The second-order valence-electron chi connectivity index (χ2n) is 9.59. The molecule has 0 saturated carbocycles. The van der Waals surface area contributed by atoms with E-state index in [1.807, 2.05) is 6.61 Å². The highest BCUT2D eigenvalue weighted by Crippen LogP contribution is 2.28. The summed E-state index contributed by atoms with van der Waals surface area (Å²) in [6.07, 6.45) is 17.7. The number of fused-ring (bicyclic) bond motifs is 4. The molecule has 2 aromatic carbocycles. The normalized spacial score (nSPS) is 22.6. The maximum absolute atomic E-state index is 6.25. The first kappa shape index (κ1) is 21.9. The molecule has 6 rings (SSSR count). The zero-order chi connectivity index (χ0) is 21.6. The van der Waals surface area contributed by atoms with Crippen molar-refractivity contribution in [2.24, 2.45) is 0 Å². The van der Waals surface area contributed by atoms with Crippen LogP contribution in [0, 0.1) is 17.0 Å². The summed E-state index contributed by atoms with van der Waals surface area (Å²) in [5.74, 6) is 0. The van der Waals surface area contributed by atoms with Gasteiger partial charge >= 0.3 is 0 Å². The van der Waals surface area contributed by atoms with Crippen LogP contribution in [-0.4, -0.2) is 19.3 Å². The van der Waals surface area contributed by atoms with Crippen molar-refractivity contribution in [2.45, 2.75) is 83.2 Å². The average molecular weight is 430 g/mol. The maximum atomic E-state index is 6.25. The third-order valence-electron chi connectivity index (χ3n) is 7.45. The zero-order valence-electron chi connectivity index (χ0n) is 19.4. The lowest BCUT2D eigenvalue weighted by Gasteiger charge is -2.25. The Bertz CT molecular complexity index is 1100. The van der Waals surface area contributed by atoms with Gasteiger partial charge in [-0.15, -0.1) is 0 Å². The summed E-state index contributed by atoms with van der Waals surface area (Å²) < 4.78 is 11.3. The molecule has 169 valence electrons. The average Bonchev–Trinajstić information content (AvgIpc) is 3.32. The quantitative estimate of drug-likeness (QED) is 0.596. The van der Waals surface area contributed by atoms with Crippen LogP contribution in [0.1, 0.15) is 75.3 Å². The van der Waals surface area contributed by atoms with E-state index in [0.717, 1.165) is 26.1 Å². The molecule has 2 aliphatic heterocycles. The number of hydrogen-bond donors (Lipinski definition) is 0. The highest BCUT2D eigenvalue weighted by Gasteiger charge is 2.22. The molecule has 1 atom stereocenters. The maximum Gasteiger partial charge on any atom is 0.0836 e. The first-order chi connectivity index (χ1) is 15.9. The van der Waals surface area contributed by atoms with E-state index in [4.69, 9.17) is 9.47 Å². The highest BCUT2D eigenvalue weighted by atomic mass is 16.5. The minimum atomic E-state index is 0.361. The summed E-state index contributed by atoms with van der Waals surface area (Å²) in [6.45, 7) is 3.81. The van der Waals surface area contributed by atoms with Crippen molar-refractivity contribution in [3.8, 4) is 0 Å². The Balaban J connectivity index is 0.000000265. The third kappa shape index (κ3) is 4.87. The Labute approximate surface area is 192 Å². The van der Waals surface area contributed by atoms with E-state index in [0.29, 0.717) is 6.10 Å². The molecule has 0 bridgehead atoms. The van der Waals surface area contributed by atoms with Crippen LogP contribution >= 0.6 is 0 Å². The summed E-state index contributed by atoms with van der Waals surface area (Å²) in [5, 5.41) is 5.77. The van der Waals surface area contributed by atoms with Gasteiger partial charge in [-0.2, -0.15) is 0 Å². The van der Waals surface area contributed by atoms with Gasteiger partial charge in [0.1, 0.15) is 0 Å². The Morgan fingerprint density at radius 1 is 0.688 bits per heavy atom. The molecule has 4 aliphatic rings. The van der Waals surface area contributed by atoms with Crippen molar-refractivity contribution >= 4 is 11.6 Å². The zero-order valence-corrected chi connectivity index (χ0v) is 19.4. The molecule has 2 fully saturated rings. The molecule has 2 heteroatoms. The molecule has 1 radical (unpaired) electrons. The van der Waals surface area contributed by atoms with Gasteiger partial charge in [0.05, 0.1) is 12.7 Å². The smallest absolute Gasteiger partial charge is 0.0836 e. The van der Waals surface area contributed by atoms with E-state index in [1.54, 1.807) is 16.7 Å². The van der Waals surface area contributed by atoms with Gasteiger partial charge in [0.25, 0.3) is 0 Å². The fraction of sp³-hybridized carbons (Fsp3) is 0.500. The lowest BCUT2D eigenvalue weighted by atomic mass is 9.83. The van der Waals surface area contributed by atoms with Gasteiger partial charge in [-0.1, -0.05) is 68.2 Å². The van der Waals surface area contributed by atoms with Crippen molar-refractivity contribution in [1.82, 2.24) is 0 Å². The number of benzene rings is 2. The van der Waals surface area contributed by atoms with Gasteiger partial charge in [-0.25, -0.2) is 0 Å². The van der Waals surface area contributed by atoms with Crippen LogP contribution in [0.5, 0.6) is 0 Å². The SMILES string of the molecule is C1=c2ccccc2=c2ccc3c(c2C1)CCCC=3C1CCCCCO1.[CH]1CCCCCO1. The Morgan fingerprint density at radius 3 is 2.56 bits per heavy atom. The largest absolute Gasteiger partial charge is 0.376 e.